The summed E-state index contributed by atoms with van der Waals surface area (Å²) in [4.78, 5) is 7.65. The van der Waals surface area contributed by atoms with Crippen LogP contribution in [0.4, 0.5) is 8.78 Å². The third kappa shape index (κ3) is 8.52. The Bertz CT molecular complexity index is 1670. The minimum absolute atomic E-state index is 0.139. The Hall–Kier alpha value is -4.69. The monoisotopic (exact) mass is 625 g/mol. The van der Waals surface area contributed by atoms with E-state index in [1.165, 1.54) is 0 Å². The maximum Gasteiger partial charge on any atom is 0.387 e. The van der Waals surface area contributed by atoms with Crippen molar-refractivity contribution in [3.8, 4) is 39.9 Å². The van der Waals surface area contributed by atoms with Crippen LogP contribution >= 0.6 is 0 Å². The van der Waals surface area contributed by atoms with Crippen LogP contribution < -0.4 is 14.2 Å². The Kier molecular flexibility index (Phi) is 11.4. The van der Waals surface area contributed by atoms with Crippen LogP contribution in [0.1, 0.15) is 43.5 Å². The van der Waals surface area contributed by atoms with Crippen molar-refractivity contribution in [1.29, 1.82) is 0 Å². The standard InChI is InChI=1S/C38H41F2N3O3/c1-4-6-22-43-35(36(31-15-11-16-33(24-31)44-3)41-37(43)30-13-8-7-9-14-30)27-42(26-29-12-10-17-34(23-29)45-5-2)25-28-18-20-32(21-19-28)46-38(39)40/h7-21,23-24,38H,4-6,22,25-27H2,1-3H3. The van der Waals surface area contributed by atoms with Crippen LogP contribution in [-0.4, -0.2) is 34.8 Å². The fourth-order valence-electron chi connectivity index (χ4n) is 5.59. The van der Waals surface area contributed by atoms with Gasteiger partial charge >= 0.3 is 6.61 Å². The van der Waals surface area contributed by atoms with Crippen molar-refractivity contribution in [3.63, 3.8) is 0 Å². The van der Waals surface area contributed by atoms with E-state index in [-0.39, 0.29) is 5.75 Å². The van der Waals surface area contributed by atoms with E-state index in [9.17, 15) is 8.78 Å². The van der Waals surface area contributed by atoms with E-state index in [1.807, 2.05) is 67.6 Å². The van der Waals surface area contributed by atoms with E-state index < -0.39 is 6.61 Å². The summed E-state index contributed by atoms with van der Waals surface area (Å²) in [5, 5.41) is 0. The number of hydrogen-bond donors (Lipinski definition) is 0. The molecule has 0 atom stereocenters. The number of benzene rings is 4. The van der Waals surface area contributed by atoms with E-state index in [1.54, 1.807) is 19.2 Å². The molecule has 0 saturated heterocycles. The van der Waals surface area contributed by atoms with Gasteiger partial charge in [0.2, 0.25) is 0 Å². The highest BCUT2D eigenvalue weighted by molar-refractivity contribution is 5.69. The average molecular weight is 626 g/mol. The second-order valence-electron chi connectivity index (χ2n) is 11.1. The molecule has 46 heavy (non-hydrogen) atoms. The first-order chi connectivity index (χ1) is 22.5. The van der Waals surface area contributed by atoms with Crippen molar-refractivity contribution >= 4 is 0 Å². The van der Waals surface area contributed by atoms with Gasteiger partial charge < -0.3 is 18.8 Å². The third-order valence-corrected chi connectivity index (χ3v) is 7.73. The molecule has 0 radical (unpaired) electrons. The van der Waals surface area contributed by atoms with Crippen LogP contribution in [0.3, 0.4) is 0 Å². The molecule has 0 fully saturated rings. The first-order valence-corrected chi connectivity index (χ1v) is 15.7. The molecule has 6 nitrogen and oxygen atoms in total. The molecule has 0 saturated carbocycles. The van der Waals surface area contributed by atoms with E-state index in [2.05, 4.69) is 51.5 Å². The molecule has 0 N–H and O–H groups in total. The summed E-state index contributed by atoms with van der Waals surface area (Å²) in [6, 6.07) is 33.3. The van der Waals surface area contributed by atoms with Crippen molar-refractivity contribution in [1.82, 2.24) is 14.5 Å². The molecule has 0 aliphatic rings. The normalized spacial score (nSPS) is 11.3. The molecule has 0 bridgehead atoms. The molecule has 1 heterocycles. The lowest BCUT2D eigenvalue weighted by Gasteiger charge is -2.25. The van der Waals surface area contributed by atoms with E-state index in [4.69, 9.17) is 14.5 Å². The molecule has 0 aliphatic heterocycles. The zero-order valence-electron chi connectivity index (χ0n) is 26.7. The molecule has 5 rings (SSSR count). The van der Waals surface area contributed by atoms with Crippen molar-refractivity contribution < 1.29 is 23.0 Å². The number of halogens is 2. The highest BCUT2D eigenvalue weighted by atomic mass is 19.3. The fraction of sp³-hybridized carbons (Fsp3) is 0.289. The number of nitrogens with zero attached hydrogens (tertiary/aromatic N) is 3. The highest BCUT2D eigenvalue weighted by Gasteiger charge is 2.23. The molecular formula is C38H41F2N3O3. The van der Waals surface area contributed by atoms with Gasteiger partial charge in [0.05, 0.1) is 25.1 Å². The molecule has 5 aromatic rings. The summed E-state index contributed by atoms with van der Waals surface area (Å²) in [7, 11) is 1.67. The van der Waals surface area contributed by atoms with Gasteiger partial charge in [-0.3, -0.25) is 4.90 Å². The molecule has 4 aromatic carbocycles. The first kappa shape index (κ1) is 32.7. The number of imidazole rings is 1. The lowest BCUT2D eigenvalue weighted by Crippen LogP contribution is -2.24. The summed E-state index contributed by atoms with van der Waals surface area (Å²) < 4.78 is 44.0. The van der Waals surface area contributed by atoms with E-state index in [0.717, 1.165) is 70.4 Å². The first-order valence-electron chi connectivity index (χ1n) is 15.7. The Labute approximate surface area is 270 Å². The van der Waals surface area contributed by atoms with Crippen LogP contribution in [0.25, 0.3) is 22.6 Å². The SMILES string of the molecule is CCCCn1c(-c2ccccc2)nc(-c2cccc(OC)c2)c1CN(Cc1ccc(OC(F)F)cc1)Cc1cccc(OCC)c1. The van der Waals surface area contributed by atoms with E-state index in [0.29, 0.717) is 26.2 Å². The summed E-state index contributed by atoms with van der Waals surface area (Å²) in [6.07, 6.45) is 2.05. The molecule has 1 aromatic heterocycles. The van der Waals surface area contributed by atoms with Gasteiger partial charge in [0.1, 0.15) is 23.1 Å². The van der Waals surface area contributed by atoms with Crippen LogP contribution in [0, 0.1) is 0 Å². The number of ether oxygens (including phenoxy) is 3. The largest absolute Gasteiger partial charge is 0.497 e. The highest BCUT2D eigenvalue weighted by Crippen LogP contribution is 2.33. The molecule has 0 spiro atoms. The lowest BCUT2D eigenvalue weighted by molar-refractivity contribution is -0.0498. The Morgan fingerprint density at radius 1 is 0.739 bits per heavy atom. The Morgan fingerprint density at radius 3 is 2.17 bits per heavy atom. The smallest absolute Gasteiger partial charge is 0.387 e. The van der Waals surface area contributed by atoms with Crippen LogP contribution in [0.2, 0.25) is 0 Å². The van der Waals surface area contributed by atoms with E-state index >= 15 is 0 Å². The van der Waals surface area contributed by atoms with Gasteiger partial charge in [0, 0.05) is 37.3 Å². The van der Waals surface area contributed by atoms with Crippen LogP contribution in [0.15, 0.2) is 103 Å². The predicted molar refractivity (Wildman–Crippen MR) is 178 cm³/mol. The third-order valence-electron chi connectivity index (χ3n) is 7.73. The molecular weight excluding hydrogens is 584 g/mol. The number of aromatic nitrogens is 2. The van der Waals surface area contributed by atoms with Gasteiger partial charge in [-0.15, -0.1) is 0 Å². The summed E-state index contributed by atoms with van der Waals surface area (Å²) in [5.74, 6) is 2.65. The second kappa shape index (κ2) is 16.0. The topological polar surface area (TPSA) is 48.8 Å². The zero-order chi connectivity index (χ0) is 32.3. The zero-order valence-corrected chi connectivity index (χ0v) is 26.7. The van der Waals surface area contributed by atoms with Crippen molar-refractivity contribution in [3.05, 3.63) is 120 Å². The summed E-state index contributed by atoms with van der Waals surface area (Å²) in [6.45, 7) is 4.51. The van der Waals surface area contributed by atoms with Crippen molar-refractivity contribution in [2.75, 3.05) is 13.7 Å². The Morgan fingerprint density at radius 2 is 1.46 bits per heavy atom. The van der Waals surface area contributed by atoms with Gasteiger partial charge in [-0.05, 0) is 60.9 Å². The molecule has 0 amide bonds. The Balaban J connectivity index is 1.60. The van der Waals surface area contributed by atoms with Gasteiger partial charge in [-0.2, -0.15) is 8.78 Å². The van der Waals surface area contributed by atoms with Gasteiger partial charge in [0.15, 0.2) is 0 Å². The minimum Gasteiger partial charge on any atom is -0.497 e. The van der Waals surface area contributed by atoms with Gasteiger partial charge in [0.25, 0.3) is 0 Å². The average Bonchev–Trinajstić information content (AvgIpc) is 3.42. The minimum atomic E-state index is -2.86. The van der Waals surface area contributed by atoms with Crippen molar-refractivity contribution in [2.24, 2.45) is 0 Å². The summed E-state index contributed by atoms with van der Waals surface area (Å²) in [5.41, 5.74) is 6.12. The molecule has 240 valence electrons. The number of alkyl halides is 2. The molecule has 0 aliphatic carbocycles. The van der Waals surface area contributed by atoms with Crippen LogP contribution in [-0.2, 0) is 26.2 Å². The maximum atomic E-state index is 12.8. The number of methoxy groups -OCH3 is 1. The molecule has 0 unspecified atom stereocenters. The summed E-state index contributed by atoms with van der Waals surface area (Å²) >= 11 is 0. The number of unbranched alkanes of at least 4 members (excludes halogenated alkanes) is 1. The number of hydrogen-bond acceptors (Lipinski definition) is 5. The van der Waals surface area contributed by atoms with Gasteiger partial charge in [-0.25, -0.2) is 4.98 Å². The molecule has 8 heteroatoms. The maximum absolute atomic E-state index is 12.8. The quantitative estimate of drug-likeness (QED) is 0.109. The fourth-order valence-corrected chi connectivity index (χ4v) is 5.59. The predicted octanol–water partition coefficient (Wildman–Crippen LogP) is 9.23. The lowest BCUT2D eigenvalue weighted by atomic mass is 10.1. The second-order valence-corrected chi connectivity index (χ2v) is 11.1. The van der Waals surface area contributed by atoms with Crippen LogP contribution in [0.5, 0.6) is 17.2 Å². The van der Waals surface area contributed by atoms with Gasteiger partial charge in [-0.1, -0.05) is 80.1 Å². The number of rotatable bonds is 16. The van der Waals surface area contributed by atoms with Crippen molar-refractivity contribution in [2.45, 2.75) is 59.5 Å².